The van der Waals surface area contributed by atoms with Gasteiger partial charge in [-0.05, 0) is 36.2 Å². The molecule has 0 spiro atoms. The fourth-order valence-electron chi connectivity index (χ4n) is 2.31. The lowest BCUT2D eigenvalue weighted by molar-refractivity contribution is 0.282. The highest BCUT2D eigenvalue weighted by Crippen LogP contribution is 2.31. The Labute approximate surface area is 130 Å². The third-order valence-corrected chi connectivity index (χ3v) is 4.02. The summed E-state index contributed by atoms with van der Waals surface area (Å²) in [6.45, 7) is 1.97. The van der Waals surface area contributed by atoms with Crippen LogP contribution in [0.2, 0.25) is 5.02 Å². The predicted molar refractivity (Wildman–Crippen MR) is 85.3 cm³/mol. The van der Waals surface area contributed by atoms with Crippen LogP contribution in [0.1, 0.15) is 29.7 Å². The topological polar surface area (TPSA) is 47.3 Å². The lowest BCUT2D eigenvalue weighted by atomic mass is 10.0. The van der Waals surface area contributed by atoms with Crippen LogP contribution in [0.3, 0.4) is 0 Å². The number of hydrogen-bond donors (Lipinski definition) is 1. The maximum absolute atomic E-state index is 9.31. The Hall–Kier alpha value is -2.02. The molecule has 2 aromatic rings. The zero-order valence-corrected chi connectivity index (χ0v) is 12.8. The average molecular weight is 301 g/mol. The molecule has 2 aromatic carbocycles. The van der Waals surface area contributed by atoms with Crippen LogP contribution in [-0.4, -0.2) is 12.2 Å². The van der Waals surface area contributed by atoms with E-state index in [1.807, 2.05) is 55.3 Å². The minimum absolute atomic E-state index is 0.0331. The molecule has 0 saturated carbocycles. The maximum Gasteiger partial charge on any atom is 0.101 e. The first kappa shape index (κ1) is 15.4. The summed E-state index contributed by atoms with van der Waals surface area (Å²) in [6.07, 6.45) is 0. The molecule has 4 heteroatoms. The number of aliphatic hydroxyl groups excluding tert-OH is 1. The normalized spacial score (nSPS) is 11.8. The summed E-state index contributed by atoms with van der Waals surface area (Å²) < 4.78 is 0. The standard InChI is InChI=1S/C17H17ClN2O/c1-12(15-5-3-4-6-16(15)18)20(2)17-8-7-13(11-21)9-14(17)10-19/h3-9,12,21H,11H2,1-2H3. The van der Waals surface area contributed by atoms with Crippen molar-refractivity contribution in [2.24, 2.45) is 0 Å². The van der Waals surface area contributed by atoms with Gasteiger partial charge in [0.25, 0.3) is 0 Å². The zero-order chi connectivity index (χ0) is 15.4. The van der Waals surface area contributed by atoms with Gasteiger partial charge in [-0.2, -0.15) is 5.26 Å². The van der Waals surface area contributed by atoms with Crippen LogP contribution in [0.5, 0.6) is 0 Å². The summed E-state index contributed by atoms with van der Waals surface area (Å²) in [6, 6.07) is 15.3. The summed E-state index contributed by atoms with van der Waals surface area (Å²) >= 11 is 6.25. The van der Waals surface area contributed by atoms with Crippen LogP contribution in [-0.2, 0) is 6.61 Å². The van der Waals surface area contributed by atoms with E-state index in [0.29, 0.717) is 10.6 Å². The molecule has 0 aliphatic carbocycles. The molecule has 0 aliphatic heterocycles. The van der Waals surface area contributed by atoms with Gasteiger partial charge in [0.1, 0.15) is 6.07 Å². The van der Waals surface area contributed by atoms with Crippen molar-refractivity contribution in [1.82, 2.24) is 0 Å². The van der Waals surface area contributed by atoms with Gasteiger partial charge >= 0.3 is 0 Å². The van der Waals surface area contributed by atoms with Crippen molar-refractivity contribution in [2.45, 2.75) is 19.6 Å². The molecule has 0 saturated heterocycles. The Bertz CT molecular complexity index is 679. The van der Waals surface area contributed by atoms with Crippen LogP contribution in [0.15, 0.2) is 42.5 Å². The number of hydrogen-bond acceptors (Lipinski definition) is 3. The fourth-order valence-corrected chi connectivity index (χ4v) is 2.60. The van der Waals surface area contributed by atoms with Gasteiger partial charge in [-0.3, -0.25) is 0 Å². The van der Waals surface area contributed by atoms with Crippen molar-refractivity contribution in [3.8, 4) is 6.07 Å². The van der Waals surface area contributed by atoms with Crippen LogP contribution >= 0.6 is 11.6 Å². The van der Waals surface area contributed by atoms with Crippen LogP contribution < -0.4 is 4.90 Å². The van der Waals surface area contributed by atoms with Crippen LogP contribution in [0.4, 0.5) is 5.69 Å². The molecule has 0 aliphatic rings. The van der Waals surface area contributed by atoms with Crippen molar-refractivity contribution < 1.29 is 5.11 Å². The molecular weight excluding hydrogens is 284 g/mol. The monoisotopic (exact) mass is 300 g/mol. The molecule has 0 amide bonds. The number of aliphatic hydroxyl groups is 1. The molecule has 0 radical (unpaired) electrons. The number of nitriles is 1. The summed E-state index contributed by atoms with van der Waals surface area (Å²) in [4.78, 5) is 2.01. The first-order valence-corrected chi connectivity index (χ1v) is 7.07. The van der Waals surface area contributed by atoms with Gasteiger partial charge in [0, 0.05) is 12.1 Å². The summed E-state index contributed by atoms with van der Waals surface area (Å²) in [5.74, 6) is 0. The number of halogens is 1. The highest BCUT2D eigenvalue weighted by atomic mass is 35.5. The molecule has 0 bridgehead atoms. The van der Waals surface area contributed by atoms with E-state index in [4.69, 9.17) is 11.6 Å². The van der Waals surface area contributed by atoms with Crippen molar-refractivity contribution in [3.63, 3.8) is 0 Å². The second kappa shape index (κ2) is 6.62. The lowest BCUT2D eigenvalue weighted by Gasteiger charge is -2.29. The first-order valence-electron chi connectivity index (χ1n) is 6.69. The molecule has 1 N–H and O–H groups in total. The third kappa shape index (κ3) is 3.18. The van der Waals surface area contributed by atoms with E-state index >= 15 is 0 Å². The largest absolute Gasteiger partial charge is 0.392 e. The molecule has 3 nitrogen and oxygen atoms in total. The summed E-state index contributed by atoms with van der Waals surface area (Å²) in [5.41, 5.74) is 3.11. The smallest absolute Gasteiger partial charge is 0.101 e. The van der Waals surface area contributed by atoms with Gasteiger partial charge in [0.05, 0.1) is 23.9 Å². The number of nitrogens with zero attached hydrogens (tertiary/aromatic N) is 2. The zero-order valence-electron chi connectivity index (χ0n) is 12.0. The quantitative estimate of drug-likeness (QED) is 0.931. The Morgan fingerprint density at radius 2 is 2.00 bits per heavy atom. The molecule has 1 unspecified atom stereocenters. The van der Waals surface area contributed by atoms with Gasteiger partial charge in [-0.1, -0.05) is 35.9 Å². The first-order chi connectivity index (χ1) is 10.1. The van der Waals surface area contributed by atoms with E-state index in [9.17, 15) is 10.4 Å². The Morgan fingerprint density at radius 1 is 1.29 bits per heavy atom. The minimum atomic E-state index is -0.0707. The van der Waals surface area contributed by atoms with Crippen molar-refractivity contribution in [3.05, 3.63) is 64.2 Å². The van der Waals surface area contributed by atoms with Crippen molar-refractivity contribution in [1.29, 1.82) is 5.26 Å². The van der Waals surface area contributed by atoms with Gasteiger partial charge in [0.2, 0.25) is 0 Å². The van der Waals surface area contributed by atoms with E-state index in [1.165, 1.54) is 0 Å². The third-order valence-electron chi connectivity index (χ3n) is 3.68. The summed E-state index contributed by atoms with van der Waals surface area (Å²) in [5, 5.41) is 19.2. The van der Waals surface area contributed by atoms with Crippen molar-refractivity contribution in [2.75, 3.05) is 11.9 Å². The fraction of sp³-hybridized carbons (Fsp3) is 0.235. The van der Waals surface area contributed by atoms with E-state index in [2.05, 4.69) is 6.07 Å². The average Bonchev–Trinajstić information content (AvgIpc) is 2.53. The second-order valence-electron chi connectivity index (χ2n) is 4.93. The van der Waals surface area contributed by atoms with Crippen LogP contribution in [0.25, 0.3) is 0 Å². The number of rotatable bonds is 4. The van der Waals surface area contributed by atoms with E-state index in [1.54, 1.807) is 6.07 Å². The molecule has 0 heterocycles. The molecular formula is C17H17ClN2O. The molecule has 0 aromatic heterocycles. The molecule has 0 fully saturated rings. The Balaban J connectivity index is 2.38. The van der Waals surface area contributed by atoms with E-state index in [-0.39, 0.29) is 12.6 Å². The predicted octanol–water partition coefficient (Wildman–Crippen LogP) is 3.90. The highest BCUT2D eigenvalue weighted by Gasteiger charge is 2.17. The maximum atomic E-state index is 9.31. The van der Waals surface area contributed by atoms with Gasteiger partial charge in [0.15, 0.2) is 0 Å². The second-order valence-corrected chi connectivity index (χ2v) is 5.34. The Morgan fingerprint density at radius 3 is 2.62 bits per heavy atom. The Kier molecular flexibility index (Phi) is 4.85. The molecule has 21 heavy (non-hydrogen) atoms. The molecule has 1 atom stereocenters. The van der Waals surface area contributed by atoms with E-state index in [0.717, 1.165) is 16.8 Å². The number of benzene rings is 2. The lowest BCUT2D eigenvalue weighted by Crippen LogP contribution is -2.22. The molecule has 2 rings (SSSR count). The van der Waals surface area contributed by atoms with Gasteiger partial charge in [-0.15, -0.1) is 0 Å². The minimum Gasteiger partial charge on any atom is -0.392 e. The van der Waals surface area contributed by atoms with Gasteiger partial charge < -0.3 is 10.0 Å². The molecule has 108 valence electrons. The van der Waals surface area contributed by atoms with Crippen LogP contribution in [0, 0.1) is 11.3 Å². The van der Waals surface area contributed by atoms with Gasteiger partial charge in [-0.25, -0.2) is 0 Å². The van der Waals surface area contributed by atoms with Crippen molar-refractivity contribution >= 4 is 17.3 Å². The SMILES string of the molecule is CC(c1ccccc1Cl)N(C)c1ccc(CO)cc1C#N. The van der Waals surface area contributed by atoms with E-state index < -0.39 is 0 Å². The summed E-state index contributed by atoms with van der Waals surface area (Å²) in [7, 11) is 1.93. The highest BCUT2D eigenvalue weighted by molar-refractivity contribution is 6.31. The number of anilines is 1.